The molecule has 1 saturated heterocycles. The van der Waals surface area contributed by atoms with Crippen LogP contribution >= 0.6 is 0 Å². The van der Waals surface area contributed by atoms with Gasteiger partial charge in [0.2, 0.25) is 10.0 Å². The molecule has 1 atom stereocenters. The smallest absolute Gasteiger partial charge is 0.218 e. The van der Waals surface area contributed by atoms with Gasteiger partial charge in [0.15, 0.2) is 0 Å². The van der Waals surface area contributed by atoms with Crippen molar-refractivity contribution in [3.8, 4) is 0 Å². The van der Waals surface area contributed by atoms with Crippen molar-refractivity contribution in [2.45, 2.75) is 18.7 Å². The van der Waals surface area contributed by atoms with E-state index in [0.717, 1.165) is 19.6 Å². The molecule has 0 radical (unpaired) electrons. The molecule has 5 nitrogen and oxygen atoms in total. The van der Waals surface area contributed by atoms with Gasteiger partial charge in [0.1, 0.15) is 0 Å². The van der Waals surface area contributed by atoms with Crippen molar-refractivity contribution in [1.82, 2.24) is 9.21 Å². The first-order valence-electron chi connectivity index (χ1n) is 6.99. The molecule has 0 amide bonds. The Labute approximate surface area is 121 Å². The molecule has 20 heavy (non-hydrogen) atoms. The molecule has 6 heteroatoms. The van der Waals surface area contributed by atoms with Crippen LogP contribution in [0.4, 0.5) is 0 Å². The summed E-state index contributed by atoms with van der Waals surface area (Å²) in [6, 6.07) is 10.2. The van der Waals surface area contributed by atoms with Gasteiger partial charge < -0.3 is 5.73 Å². The van der Waals surface area contributed by atoms with Gasteiger partial charge in [-0.1, -0.05) is 30.3 Å². The highest BCUT2D eigenvalue weighted by atomic mass is 32.2. The zero-order valence-corrected chi connectivity index (χ0v) is 12.7. The monoisotopic (exact) mass is 297 g/mol. The first-order chi connectivity index (χ1) is 9.54. The molecule has 2 N–H and O–H groups in total. The van der Waals surface area contributed by atoms with Gasteiger partial charge in [-0.15, -0.1) is 0 Å². The summed E-state index contributed by atoms with van der Waals surface area (Å²) in [7, 11) is -3.23. The summed E-state index contributed by atoms with van der Waals surface area (Å²) in [6.07, 6.45) is 0. The number of hydrogen-bond acceptors (Lipinski definition) is 4. The number of rotatable bonds is 5. The molecule has 0 saturated carbocycles. The molecule has 1 heterocycles. The van der Waals surface area contributed by atoms with Crippen molar-refractivity contribution in [2.75, 3.05) is 32.7 Å². The van der Waals surface area contributed by atoms with Gasteiger partial charge in [-0.05, 0) is 12.5 Å². The predicted molar refractivity (Wildman–Crippen MR) is 80.7 cm³/mol. The van der Waals surface area contributed by atoms with E-state index in [1.807, 2.05) is 18.2 Å². The Morgan fingerprint density at radius 3 is 2.30 bits per heavy atom. The van der Waals surface area contributed by atoms with Gasteiger partial charge in [-0.2, -0.15) is 4.31 Å². The number of nitrogens with zero attached hydrogens (tertiary/aromatic N) is 2. The van der Waals surface area contributed by atoms with E-state index in [1.165, 1.54) is 5.56 Å². The largest absolute Gasteiger partial charge is 0.329 e. The second-order valence-electron chi connectivity index (χ2n) is 5.25. The number of nitrogens with two attached hydrogens (primary N) is 1. The standard InChI is InChI=1S/C14H23N3O2S/c1-13(11-15)20(18,19)17-9-7-16(8-10-17)12-14-5-3-2-4-6-14/h2-6,13H,7-12,15H2,1H3. The minimum absolute atomic E-state index is 0.173. The van der Waals surface area contributed by atoms with Crippen LogP contribution in [0.15, 0.2) is 30.3 Å². The van der Waals surface area contributed by atoms with Crippen LogP contribution in [-0.4, -0.2) is 55.6 Å². The van der Waals surface area contributed by atoms with Crippen LogP contribution in [0.1, 0.15) is 12.5 Å². The van der Waals surface area contributed by atoms with Crippen molar-refractivity contribution in [1.29, 1.82) is 0 Å². The maximum absolute atomic E-state index is 12.2. The van der Waals surface area contributed by atoms with Gasteiger partial charge in [0, 0.05) is 39.3 Å². The third-order valence-electron chi connectivity index (χ3n) is 3.78. The molecule has 1 aliphatic rings. The summed E-state index contributed by atoms with van der Waals surface area (Å²) >= 11 is 0. The van der Waals surface area contributed by atoms with Gasteiger partial charge in [-0.25, -0.2) is 8.42 Å². The van der Waals surface area contributed by atoms with E-state index in [-0.39, 0.29) is 6.54 Å². The lowest BCUT2D eigenvalue weighted by Gasteiger charge is -2.35. The fraction of sp³-hybridized carbons (Fsp3) is 0.571. The van der Waals surface area contributed by atoms with Crippen molar-refractivity contribution in [2.24, 2.45) is 5.73 Å². The zero-order chi connectivity index (χ0) is 14.6. The van der Waals surface area contributed by atoms with Gasteiger partial charge in [0.25, 0.3) is 0 Å². The molecule has 0 aromatic heterocycles. The van der Waals surface area contributed by atoms with E-state index in [9.17, 15) is 8.42 Å². The highest BCUT2D eigenvalue weighted by molar-refractivity contribution is 7.89. The summed E-state index contributed by atoms with van der Waals surface area (Å²) in [5, 5.41) is -0.497. The Morgan fingerprint density at radius 1 is 1.15 bits per heavy atom. The number of sulfonamides is 1. The average molecular weight is 297 g/mol. The lowest BCUT2D eigenvalue weighted by atomic mass is 10.2. The number of hydrogen-bond donors (Lipinski definition) is 1. The second-order valence-corrected chi connectivity index (χ2v) is 7.60. The highest BCUT2D eigenvalue weighted by Gasteiger charge is 2.30. The Morgan fingerprint density at radius 2 is 1.75 bits per heavy atom. The molecule has 2 rings (SSSR count). The molecule has 1 fully saturated rings. The minimum atomic E-state index is -3.23. The van der Waals surface area contributed by atoms with Crippen LogP contribution in [0, 0.1) is 0 Å². The maximum Gasteiger partial charge on any atom is 0.218 e. The quantitative estimate of drug-likeness (QED) is 0.858. The molecular formula is C14H23N3O2S. The van der Waals surface area contributed by atoms with Crippen LogP contribution in [0.25, 0.3) is 0 Å². The van der Waals surface area contributed by atoms with Crippen molar-refractivity contribution >= 4 is 10.0 Å². The Balaban J connectivity index is 1.90. The van der Waals surface area contributed by atoms with E-state index in [4.69, 9.17) is 5.73 Å². The summed E-state index contributed by atoms with van der Waals surface area (Å²) in [4.78, 5) is 2.29. The van der Waals surface area contributed by atoms with Gasteiger partial charge in [0.05, 0.1) is 5.25 Å². The lowest BCUT2D eigenvalue weighted by molar-refractivity contribution is 0.181. The molecule has 1 aliphatic heterocycles. The maximum atomic E-state index is 12.2. The second kappa shape index (κ2) is 6.67. The fourth-order valence-electron chi connectivity index (χ4n) is 2.36. The average Bonchev–Trinajstić information content (AvgIpc) is 2.48. The number of benzene rings is 1. The van der Waals surface area contributed by atoms with Gasteiger partial charge >= 0.3 is 0 Å². The molecule has 0 spiro atoms. The summed E-state index contributed by atoms with van der Waals surface area (Å²) in [6.45, 7) is 5.37. The van der Waals surface area contributed by atoms with Crippen molar-refractivity contribution in [3.63, 3.8) is 0 Å². The van der Waals surface area contributed by atoms with Gasteiger partial charge in [-0.3, -0.25) is 4.90 Å². The van der Waals surface area contributed by atoms with E-state index in [0.29, 0.717) is 13.1 Å². The molecule has 112 valence electrons. The van der Waals surface area contributed by atoms with E-state index >= 15 is 0 Å². The Kier molecular flexibility index (Phi) is 5.15. The molecule has 1 aromatic rings. The van der Waals surface area contributed by atoms with Crippen LogP contribution < -0.4 is 5.73 Å². The molecule has 0 bridgehead atoms. The summed E-state index contributed by atoms with van der Waals surface area (Å²) < 4.78 is 26.0. The Hall–Kier alpha value is -0.950. The molecule has 0 aliphatic carbocycles. The van der Waals surface area contributed by atoms with Crippen molar-refractivity contribution < 1.29 is 8.42 Å². The number of piperazine rings is 1. The molecule has 1 unspecified atom stereocenters. The minimum Gasteiger partial charge on any atom is -0.329 e. The summed E-state index contributed by atoms with van der Waals surface area (Å²) in [5.74, 6) is 0. The van der Waals surface area contributed by atoms with Crippen LogP contribution in [0.5, 0.6) is 0 Å². The third kappa shape index (κ3) is 3.58. The Bertz CT molecular complexity index is 510. The topological polar surface area (TPSA) is 66.6 Å². The highest BCUT2D eigenvalue weighted by Crippen LogP contribution is 2.14. The first kappa shape index (κ1) is 15.4. The molecule has 1 aromatic carbocycles. The normalized spacial score (nSPS) is 19.9. The third-order valence-corrected chi connectivity index (χ3v) is 6.07. The van der Waals surface area contributed by atoms with E-state index < -0.39 is 15.3 Å². The predicted octanol–water partition coefficient (Wildman–Crippen LogP) is 0.481. The first-order valence-corrected chi connectivity index (χ1v) is 8.49. The SMILES string of the molecule is CC(CN)S(=O)(=O)N1CCN(Cc2ccccc2)CC1. The van der Waals surface area contributed by atoms with Crippen LogP contribution in [0.3, 0.4) is 0 Å². The zero-order valence-electron chi connectivity index (χ0n) is 11.9. The van der Waals surface area contributed by atoms with E-state index in [2.05, 4.69) is 17.0 Å². The fourth-order valence-corrected chi connectivity index (χ4v) is 3.78. The van der Waals surface area contributed by atoms with Crippen LogP contribution in [0.2, 0.25) is 0 Å². The van der Waals surface area contributed by atoms with E-state index in [1.54, 1.807) is 11.2 Å². The summed E-state index contributed by atoms with van der Waals surface area (Å²) in [5.41, 5.74) is 6.74. The molecular weight excluding hydrogens is 274 g/mol. The van der Waals surface area contributed by atoms with Crippen LogP contribution in [-0.2, 0) is 16.6 Å². The lowest BCUT2D eigenvalue weighted by Crippen LogP contribution is -2.51. The van der Waals surface area contributed by atoms with Crippen molar-refractivity contribution in [3.05, 3.63) is 35.9 Å².